The Morgan fingerprint density at radius 3 is 2.44 bits per heavy atom. The Kier molecular flexibility index (Phi) is 5.38. The molecule has 0 bridgehead atoms. The number of amides is 1. The SMILES string of the molecule is Cc1n[nH]c(C)c1[C@@H](C)C(=O)Nc1ccc(NC2CCOCC2)cc1. The van der Waals surface area contributed by atoms with Gasteiger partial charge in [0.2, 0.25) is 5.91 Å². The van der Waals surface area contributed by atoms with Crippen molar-refractivity contribution >= 4 is 17.3 Å². The second kappa shape index (κ2) is 7.70. The van der Waals surface area contributed by atoms with Gasteiger partial charge in [0.15, 0.2) is 0 Å². The van der Waals surface area contributed by atoms with Crippen LogP contribution in [0.1, 0.15) is 42.6 Å². The number of benzene rings is 1. The van der Waals surface area contributed by atoms with Crippen LogP contribution in [0.2, 0.25) is 0 Å². The highest BCUT2D eigenvalue weighted by Crippen LogP contribution is 2.24. The molecule has 0 saturated carbocycles. The van der Waals surface area contributed by atoms with Gasteiger partial charge in [-0.05, 0) is 57.9 Å². The number of nitrogens with one attached hydrogen (secondary N) is 3. The van der Waals surface area contributed by atoms with Crippen molar-refractivity contribution in [1.82, 2.24) is 10.2 Å². The largest absolute Gasteiger partial charge is 0.382 e. The molecule has 6 heteroatoms. The second-order valence-electron chi connectivity index (χ2n) is 6.67. The Hall–Kier alpha value is -2.34. The molecule has 25 heavy (non-hydrogen) atoms. The summed E-state index contributed by atoms with van der Waals surface area (Å²) in [5.74, 6) is -0.281. The van der Waals surface area contributed by atoms with Gasteiger partial charge >= 0.3 is 0 Å². The van der Waals surface area contributed by atoms with Crippen molar-refractivity contribution < 1.29 is 9.53 Å². The van der Waals surface area contributed by atoms with E-state index in [9.17, 15) is 4.79 Å². The van der Waals surface area contributed by atoms with E-state index in [1.54, 1.807) is 0 Å². The molecule has 1 aliphatic rings. The van der Waals surface area contributed by atoms with E-state index in [4.69, 9.17) is 4.74 Å². The van der Waals surface area contributed by atoms with Crippen molar-refractivity contribution in [3.8, 4) is 0 Å². The number of ether oxygens (including phenoxy) is 1. The number of hydrogen-bond acceptors (Lipinski definition) is 4. The lowest BCUT2D eigenvalue weighted by Gasteiger charge is -2.24. The standard InChI is InChI=1S/C19H26N4O2/c1-12(18-13(2)22-23-14(18)3)19(24)21-16-6-4-15(5-7-16)20-17-8-10-25-11-9-17/h4-7,12,17,20H,8-11H2,1-3H3,(H,21,24)(H,22,23)/t12-/m1/s1. The number of carbonyl (C=O) groups excluding carboxylic acids is 1. The van der Waals surface area contributed by atoms with Crippen molar-refractivity contribution in [2.45, 2.75) is 45.6 Å². The van der Waals surface area contributed by atoms with Crippen LogP contribution in [-0.2, 0) is 9.53 Å². The number of aromatic amines is 1. The van der Waals surface area contributed by atoms with Gasteiger partial charge in [-0.15, -0.1) is 0 Å². The van der Waals surface area contributed by atoms with Crippen LogP contribution in [-0.4, -0.2) is 35.4 Å². The first kappa shape index (κ1) is 17.5. The Morgan fingerprint density at radius 1 is 1.20 bits per heavy atom. The lowest BCUT2D eigenvalue weighted by atomic mass is 9.98. The van der Waals surface area contributed by atoms with Crippen molar-refractivity contribution in [1.29, 1.82) is 0 Å². The summed E-state index contributed by atoms with van der Waals surface area (Å²) in [5.41, 5.74) is 4.65. The van der Waals surface area contributed by atoms with Crippen LogP contribution in [0.15, 0.2) is 24.3 Å². The van der Waals surface area contributed by atoms with Gasteiger partial charge in [-0.1, -0.05) is 0 Å². The molecule has 6 nitrogen and oxygen atoms in total. The van der Waals surface area contributed by atoms with Gasteiger partial charge in [-0.3, -0.25) is 9.89 Å². The molecule has 3 N–H and O–H groups in total. The maximum atomic E-state index is 12.5. The molecule has 1 atom stereocenters. The van der Waals surface area contributed by atoms with E-state index < -0.39 is 0 Å². The predicted octanol–water partition coefficient (Wildman–Crippen LogP) is 3.36. The molecule has 1 aromatic heterocycles. The van der Waals surface area contributed by atoms with Gasteiger partial charge in [0.1, 0.15) is 0 Å². The topological polar surface area (TPSA) is 79.0 Å². The predicted molar refractivity (Wildman–Crippen MR) is 99.0 cm³/mol. The van der Waals surface area contributed by atoms with E-state index in [0.717, 1.165) is 54.4 Å². The summed E-state index contributed by atoms with van der Waals surface area (Å²) in [6.45, 7) is 7.39. The van der Waals surface area contributed by atoms with E-state index in [2.05, 4.69) is 20.8 Å². The third-order valence-electron chi connectivity index (χ3n) is 4.76. The lowest BCUT2D eigenvalue weighted by Crippen LogP contribution is -2.27. The van der Waals surface area contributed by atoms with Crippen LogP contribution in [0.25, 0.3) is 0 Å². The smallest absolute Gasteiger partial charge is 0.231 e. The molecule has 0 spiro atoms. The van der Waals surface area contributed by atoms with Gasteiger partial charge in [0, 0.05) is 41.9 Å². The highest BCUT2D eigenvalue weighted by molar-refractivity contribution is 5.96. The minimum absolute atomic E-state index is 0.0299. The van der Waals surface area contributed by atoms with Crippen molar-refractivity contribution in [3.05, 3.63) is 41.2 Å². The number of H-pyrrole nitrogens is 1. The summed E-state index contributed by atoms with van der Waals surface area (Å²) in [6.07, 6.45) is 2.05. The fourth-order valence-electron chi connectivity index (χ4n) is 3.31. The summed E-state index contributed by atoms with van der Waals surface area (Å²) in [6, 6.07) is 8.33. The molecule has 1 amide bonds. The minimum Gasteiger partial charge on any atom is -0.382 e. The fraction of sp³-hybridized carbons (Fsp3) is 0.474. The molecule has 0 radical (unpaired) electrons. The summed E-state index contributed by atoms with van der Waals surface area (Å²) in [5, 5.41) is 13.6. The van der Waals surface area contributed by atoms with Gasteiger partial charge in [0.25, 0.3) is 0 Å². The number of rotatable bonds is 5. The maximum absolute atomic E-state index is 12.5. The van der Waals surface area contributed by atoms with Crippen molar-refractivity contribution in [3.63, 3.8) is 0 Å². The molecule has 0 aliphatic carbocycles. The monoisotopic (exact) mass is 342 g/mol. The average molecular weight is 342 g/mol. The quantitative estimate of drug-likeness (QED) is 0.778. The second-order valence-corrected chi connectivity index (χ2v) is 6.67. The Labute approximate surface area is 148 Å². The molecule has 1 saturated heterocycles. The molecule has 0 unspecified atom stereocenters. The Bertz CT molecular complexity index is 698. The third kappa shape index (κ3) is 4.20. The highest BCUT2D eigenvalue weighted by Gasteiger charge is 2.21. The van der Waals surface area contributed by atoms with Gasteiger partial charge in [-0.2, -0.15) is 5.10 Å². The summed E-state index contributed by atoms with van der Waals surface area (Å²) in [4.78, 5) is 12.5. The van der Waals surface area contributed by atoms with E-state index in [1.807, 2.05) is 45.0 Å². The number of nitrogens with zero attached hydrogens (tertiary/aromatic N) is 1. The number of aromatic nitrogens is 2. The van der Waals surface area contributed by atoms with Crippen LogP contribution in [0.5, 0.6) is 0 Å². The minimum atomic E-state index is -0.251. The van der Waals surface area contributed by atoms with Crippen LogP contribution in [0, 0.1) is 13.8 Å². The zero-order chi connectivity index (χ0) is 17.8. The third-order valence-corrected chi connectivity index (χ3v) is 4.76. The molecular weight excluding hydrogens is 316 g/mol. The van der Waals surface area contributed by atoms with Crippen LogP contribution >= 0.6 is 0 Å². The van der Waals surface area contributed by atoms with Crippen molar-refractivity contribution in [2.75, 3.05) is 23.8 Å². The number of anilines is 2. The first-order valence-electron chi connectivity index (χ1n) is 8.81. The molecule has 1 aliphatic heterocycles. The van der Waals surface area contributed by atoms with Crippen molar-refractivity contribution in [2.24, 2.45) is 0 Å². The van der Waals surface area contributed by atoms with E-state index in [0.29, 0.717) is 6.04 Å². The van der Waals surface area contributed by atoms with Gasteiger partial charge < -0.3 is 15.4 Å². The number of carbonyl (C=O) groups is 1. The molecule has 1 fully saturated rings. The lowest BCUT2D eigenvalue weighted by molar-refractivity contribution is -0.117. The Balaban J connectivity index is 1.60. The molecule has 2 heterocycles. The molecular formula is C19H26N4O2. The zero-order valence-corrected chi connectivity index (χ0v) is 15.1. The molecule has 3 rings (SSSR count). The van der Waals surface area contributed by atoms with Gasteiger partial charge in [-0.25, -0.2) is 0 Å². The summed E-state index contributed by atoms with van der Waals surface area (Å²) < 4.78 is 5.38. The summed E-state index contributed by atoms with van der Waals surface area (Å²) >= 11 is 0. The average Bonchev–Trinajstić information content (AvgIpc) is 2.95. The molecule has 1 aromatic carbocycles. The van der Waals surface area contributed by atoms with Crippen LogP contribution < -0.4 is 10.6 Å². The first-order chi connectivity index (χ1) is 12.0. The Morgan fingerprint density at radius 2 is 1.84 bits per heavy atom. The maximum Gasteiger partial charge on any atom is 0.231 e. The van der Waals surface area contributed by atoms with E-state index in [-0.39, 0.29) is 11.8 Å². The number of aryl methyl sites for hydroxylation is 2. The first-order valence-corrected chi connectivity index (χ1v) is 8.81. The number of hydrogen-bond donors (Lipinski definition) is 3. The van der Waals surface area contributed by atoms with E-state index >= 15 is 0 Å². The molecule has 2 aromatic rings. The van der Waals surface area contributed by atoms with Crippen LogP contribution in [0.4, 0.5) is 11.4 Å². The zero-order valence-electron chi connectivity index (χ0n) is 15.1. The molecule has 134 valence electrons. The summed E-state index contributed by atoms with van der Waals surface area (Å²) in [7, 11) is 0. The normalized spacial score (nSPS) is 16.4. The van der Waals surface area contributed by atoms with E-state index in [1.165, 1.54) is 0 Å². The van der Waals surface area contributed by atoms with Crippen LogP contribution in [0.3, 0.4) is 0 Å². The fourth-order valence-corrected chi connectivity index (χ4v) is 3.31. The van der Waals surface area contributed by atoms with Gasteiger partial charge in [0.05, 0.1) is 11.6 Å². The highest BCUT2D eigenvalue weighted by atomic mass is 16.5.